The molecular formula is C64H124N2O4S. The lowest BCUT2D eigenvalue weighted by Crippen LogP contribution is -2.74. The van der Waals surface area contributed by atoms with Gasteiger partial charge in [0.15, 0.2) is 0 Å². The number of hydrogen-bond acceptors (Lipinski definition) is 4. The first-order chi connectivity index (χ1) is 34.8. The molecule has 0 spiro atoms. The maximum absolute atomic E-state index is 13.0. The van der Waals surface area contributed by atoms with Gasteiger partial charge in [0.1, 0.15) is 10.1 Å². The molecule has 71 heavy (non-hydrogen) atoms. The Balaban J connectivity index is 0.0000159. The average Bonchev–Trinajstić information content (AvgIpc) is 3.36. The SMILES string of the molecule is CCCCCCCCCCCCCCCCCCCCCCCCCCCCCCCCCCC(CCCNC(=O)CCCCCCCCCCCCCCCCC)(c1ccccc1)S(=O)(=O)[O-].C[NH2+]C. The number of nitrogens with two attached hydrogens (primary N) is 1. The third kappa shape index (κ3) is 45.7. The number of quaternary nitrogens is 1. The number of benzene rings is 1. The maximum Gasteiger partial charge on any atom is 0.219 e. The van der Waals surface area contributed by atoms with Crippen LogP contribution in [0.5, 0.6) is 0 Å². The smallest absolute Gasteiger partial charge is 0.219 e. The van der Waals surface area contributed by atoms with Crippen molar-refractivity contribution >= 4 is 16.0 Å². The molecule has 1 atom stereocenters. The van der Waals surface area contributed by atoms with Gasteiger partial charge in [-0.15, -0.1) is 0 Å². The average molecular weight is 1020 g/mol. The van der Waals surface area contributed by atoms with Gasteiger partial charge in [-0.1, -0.05) is 340 Å². The van der Waals surface area contributed by atoms with E-state index in [9.17, 15) is 17.8 Å². The molecule has 6 nitrogen and oxygen atoms in total. The fraction of sp³-hybridized carbons (Fsp3) is 0.891. The Morgan fingerprint density at radius 3 is 0.915 bits per heavy atom. The van der Waals surface area contributed by atoms with E-state index in [0.717, 1.165) is 32.1 Å². The molecule has 1 amide bonds. The molecule has 0 radical (unpaired) electrons. The first kappa shape index (κ1) is 69.6. The second-order valence-corrected chi connectivity index (χ2v) is 23.9. The van der Waals surface area contributed by atoms with Crippen LogP contribution in [0.2, 0.25) is 0 Å². The van der Waals surface area contributed by atoms with Crippen molar-refractivity contribution in [2.75, 3.05) is 20.6 Å². The van der Waals surface area contributed by atoms with Gasteiger partial charge >= 0.3 is 0 Å². The van der Waals surface area contributed by atoms with E-state index in [2.05, 4.69) is 19.2 Å². The normalized spacial score (nSPS) is 12.5. The van der Waals surface area contributed by atoms with Crippen molar-refractivity contribution in [3.05, 3.63) is 35.9 Å². The Morgan fingerprint density at radius 1 is 0.408 bits per heavy atom. The van der Waals surface area contributed by atoms with Gasteiger partial charge in [-0.25, -0.2) is 8.42 Å². The number of carbonyl (C=O) groups excluding carboxylic acids is 1. The summed E-state index contributed by atoms with van der Waals surface area (Å²) >= 11 is 0. The molecule has 0 aromatic heterocycles. The largest absolute Gasteiger partial charge is 0.747 e. The molecule has 0 aliphatic heterocycles. The summed E-state index contributed by atoms with van der Waals surface area (Å²) in [5, 5.41) is 5.01. The van der Waals surface area contributed by atoms with Crippen molar-refractivity contribution in [2.45, 2.75) is 346 Å². The van der Waals surface area contributed by atoms with Crippen LogP contribution >= 0.6 is 0 Å². The van der Waals surface area contributed by atoms with E-state index in [1.165, 1.54) is 270 Å². The van der Waals surface area contributed by atoms with Gasteiger partial charge in [-0.2, -0.15) is 0 Å². The number of hydrogen-bond donors (Lipinski definition) is 2. The van der Waals surface area contributed by atoms with E-state index >= 15 is 0 Å². The number of unbranched alkanes of at least 4 members (excludes halogenated alkanes) is 45. The second-order valence-electron chi connectivity index (χ2n) is 22.3. The molecule has 0 aliphatic rings. The maximum atomic E-state index is 13.0. The van der Waals surface area contributed by atoms with Crippen molar-refractivity contribution in [3.63, 3.8) is 0 Å². The summed E-state index contributed by atoms with van der Waals surface area (Å²) in [6, 6.07) is 9.13. The molecule has 1 rings (SSSR count). The van der Waals surface area contributed by atoms with Gasteiger partial charge < -0.3 is 15.2 Å². The molecule has 0 saturated heterocycles. The van der Waals surface area contributed by atoms with E-state index in [4.69, 9.17) is 0 Å². The summed E-state index contributed by atoms with van der Waals surface area (Å²) < 4.78 is 37.6. The fourth-order valence-corrected chi connectivity index (χ4v) is 11.9. The Hall–Kier alpha value is -1.44. The highest BCUT2D eigenvalue weighted by atomic mass is 32.2. The standard InChI is InChI=1S/C62H117NO4S.C2H7N/c1-3-5-7-9-11-13-15-17-19-20-21-22-23-24-25-26-27-28-29-30-31-32-33-34-35-37-39-41-43-45-47-52-57-62(68(65,66)67,60-54-49-48-50-55-60)58-53-59-63-61(64)56-51-46-44-42-40-38-36-18-16-14-12-10-8-6-4-2;1-3-2/h48-50,54-55H,3-47,51-53,56-59H2,1-2H3,(H,63,64)(H,65,66,67);3H,1-2H3. The lowest BCUT2D eigenvalue weighted by Gasteiger charge is -2.37. The molecule has 0 heterocycles. The summed E-state index contributed by atoms with van der Waals surface area (Å²) in [6.07, 6.45) is 64.7. The third-order valence-electron chi connectivity index (χ3n) is 15.3. The highest BCUT2D eigenvalue weighted by Crippen LogP contribution is 2.40. The van der Waals surface area contributed by atoms with E-state index in [1.807, 2.05) is 37.6 Å². The van der Waals surface area contributed by atoms with Gasteiger partial charge in [0.2, 0.25) is 5.91 Å². The van der Waals surface area contributed by atoms with Crippen LogP contribution in [0.4, 0.5) is 0 Å². The monoisotopic (exact) mass is 1020 g/mol. The van der Waals surface area contributed by atoms with Crippen LogP contribution in [0.25, 0.3) is 0 Å². The minimum atomic E-state index is -4.61. The van der Waals surface area contributed by atoms with Crippen molar-refractivity contribution in [1.29, 1.82) is 0 Å². The first-order valence-electron chi connectivity index (χ1n) is 31.8. The zero-order chi connectivity index (χ0) is 51.9. The van der Waals surface area contributed by atoms with Crippen LogP contribution in [-0.4, -0.2) is 39.5 Å². The zero-order valence-corrected chi connectivity index (χ0v) is 49.1. The van der Waals surface area contributed by atoms with Gasteiger partial charge in [0, 0.05) is 13.0 Å². The van der Waals surface area contributed by atoms with Gasteiger partial charge in [-0.3, -0.25) is 4.79 Å². The van der Waals surface area contributed by atoms with Crippen molar-refractivity contribution in [1.82, 2.24) is 5.32 Å². The molecular weight excluding hydrogens is 893 g/mol. The predicted octanol–water partition coefficient (Wildman–Crippen LogP) is 19.3. The zero-order valence-electron chi connectivity index (χ0n) is 48.3. The van der Waals surface area contributed by atoms with Crippen LogP contribution in [0.1, 0.15) is 347 Å². The summed E-state index contributed by atoms with van der Waals surface area (Å²) in [4.78, 5) is 12.6. The van der Waals surface area contributed by atoms with Crippen LogP contribution in [0.3, 0.4) is 0 Å². The molecule has 1 aromatic carbocycles. The molecule has 1 unspecified atom stereocenters. The Kier molecular flexibility index (Phi) is 53.7. The second kappa shape index (κ2) is 54.8. The van der Waals surface area contributed by atoms with Gasteiger partial charge in [0.25, 0.3) is 0 Å². The Labute approximate surface area is 444 Å². The minimum Gasteiger partial charge on any atom is -0.747 e. The van der Waals surface area contributed by atoms with E-state index in [0.29, 0.717) is 31.4 Å². The van der Waals surface area contributed by atoms with Crippen molar-refractivity contribution < 1.29 is 23.1 Å². The highest BCUT2D eigenvalue weighted by Gasteiger charge is 2.38. The summed E-state index contributed by atoms with van der Waals surface area (Å²) in [5.41, 5.74) is 0.597. The third-order valence-corrected chi connectivity index (χ3v) is 16.9. The lowest BCUT2D eigenvalue weighted by atomic mass is 9.87. The number of rotatable bonds is 55. The summed E-state index contributed by atoms with van der Waals surface area (Å²) in [6.45, 7) is 4.98. The summed E-state index contributed by atoms with van der Waals surface area (Å²) in [7, 11) is -0.613. The van der Waals surface area contributed by atoms with Crippen molar-refractivity contribution in [3.8, 4) is 0 Å². The Bertz CT molecular complexity index is 1310. The molecule has 0 aliphatic carbocycles. The molecule has 1 aromatic rings. The van der Waals surface area contributed by atoms with E-state index < -0.39 is 14.9 Å². The summed E-state index contributed by atoms with van der Waals surface area (Å²) in [5.74, 6) is 0.0336. The van der Waals surface area contributed by atoms with Crippen molar-refractivity contribution in [2.24, 2.45) is 0 Å². The van der Waals surface area contributed by atoms with Crippen LogP contribution in [0.15, 0.2) is 30.3 Å². The molecule has 0 saturated carbocycles. The predicted molar refractivity (Wildman–Crippen MR) is 311 cm³/mol. The van der Waals surface area contributed by atoms with Crippen LogP contribution in [0, 0.1) is 0 Å². The number of nitrogens with one attached hydrogen (secondary N) is 1. The molecule has 0 bridgehead atoms. The lowest BCUT2D eigenvalue weighted by molar-refractivity contribution is -0.597. The Morgan fingerprint density at radius 2 is 0.648 bits per heavy atom. The van der Waals surface area contributed by atoms with Gasteiger partial charge in [-0.05, 0) is 31.2 Å². The first-order valence-corrected chi connectivity index (χ1v) is 33.2. The topological polar surface area (TPSA) is 103 Å². The van der Waals surface area contributed by atoms with Crippen LogP contribution < -0.4 is 10.6 Å². The number of carbonyl (C=O) groups is 1. The van der Waals surface area contributed by atoms with E-state index in [1.54, 1.807) is 12.1 Å². The quantitative estimate of drug-likeness (QED) is 0.0501. The number of amides is 1. The molecule has 420 valence electrons. The fourth-order valence-electron chi connectivity index (χ4n) is 10.7. The minimum absolute atomic E-state index is 0.0336. The van der Waals surface area contributed by atoms with Crippen LogP contribution in [-0.2, 0) is 19.7 Å². The highest BCUT2D eigenvalue weighted by molar-refractivity contribution is 7.86. The van der Waals surface area contributed by atoms with Gasteiger partial charge in [0.05, 0.1) is 18.8 Å². The van der Waals surface area contributed by atoms with E-state index in [-0.39, 0.29) is 12.3 Å². The molecule has 3 N–H and O–H groups in total. The molecule has 7 heteroatoms. The molecule has 0 fully saturated rings.